The third-order valence-electron chi connectivity index (χ3n) is 2.28. The van der Waals surface area contributed by atoms with E-state index in [-0.39, 0.29) is 6.04 Å². The maximum atomic E-state index is 5.80. The van der Waals surface area contributed by atoms with Crippen molar-refractivity contribution in [3.63, 3.8) is 0 Å². The lowest BCUT2D eigenvalue weighted by Crippen LogP contribution is -2.33. The van der Waals surface area contributed by atoms with Gasteiger partial charge in [0.05, 0.1) is 6.61 Å². The molecule has 9 heavy (non-hydrogen) atoms. The summed E-state index contributed by atoms with van der Waals surface area (Å²) in [6.45, 7) is 2.92. The summed E-state index contributed by atoms with van der Waals surface area (Å²) in [6, 6.07) is 0.252. The Bertz CT molecular complexity index is 99.1. The second kappa shape index (κ2) is 2.27. The fourth-order valence-electron chi connectivity index (χ4n) is 0.949. The predicted octanol–water partition coefficient (Wildman–Crippen LogP) is 0.760. The second-order valence-electron chi connectivity index (χ2n) is 3.22. The number of rotatable bonds is 3. The Hall–Kier alpha value is -0.0800. The molecule has 1 aliphatic carbocycles. The molecule has 0 saturated heterocycles. The smallest absolute Gasteiger partial charge is 0.0619 e. The van der Waals surface area contributed by atoms with Crippen LogP contribution in [0.1, 0.15) is 19.8 Å². The van der Waals surface area contributed by atoms with Crippen molar-refractivity contribution in [3.05, 3.63) is 0 Å². The molecule has 1 saturated carbocycles. The standard InChI is InChI=1S/C7H15NO/c1-7(3-4-7)6(8)5-9-2/h6H,3-5,8H2,1-2H3/t6-/m1/s1. The minimum atomic E-state index is 0.252. The molecule has 2 heteroatoms. The van der Waals surface area contributed by atoms with Gasteiger partial charge in [-0.15, -0.1) is 0 Å². The lowest BCUT2D eigenvalue weighted by Gasteiger charge is -2.16. The summed E-state index contributed by atoms with van der Waals surface area (Å²) in [7, 11) is 1.70. The molecule has 0 spiro atoms. The van der Waals surface area contributed by atoms with Crippen molar-refractivity contribution in [3.8, 4) is 0 Å². The van der Waals surface area contributed by atoms with Crippen LogP contribution < -0.4 is 5.73 Å². The molecule has 54 valence electrons. The van der Waals surface area contributed by atoms with Gasteiger partial charge in [0, 0.05) is 13.2 Å². The Labute approximate surface area is 56.4 Å². The molecule has 0 radical (unpaired) electrons. The van der Waals surface area contributed by atoms with Crippen molar-refractivity contribution in [2.24, 2.45) is 11.1 Å². The number of ether oxygens (including phenoxy) is 1. The quantitative estimate of drug-likeness (QED) is 0.610. The molecule has 0 aromatic heterocycles. The largest absolute Gasteiger partial charge is 0.383 e. The van der Waals surface area contributed by atoms with Crippen molar-refractivity contribution in [2.45, 2.75) is 25.8 Å². The highest BCUT2D eigenvalue weighted by Crippen LogP contribution is 2.47. The number of nitrogens with two attached hydrogens (primary N) is 1. The normalized spacial score (nSPS) is 25.7. The highest BCUT2D eigenvalue weighted by molar-refractivity contribution is 4.96. The Morgan fingerprint density at radius 3 is 2.56 bits per heavy atom. The molecule has 1 rings (SSSR count). The molecule has 0 aromatic carbocycles. The molecule has 1 fully saturated rings. The van der Waals surface area contributed by atoms with Crippen molar-refractivity contribution in [1.29, 1.82) is 0 Å². The summed E-state index contributed by atoms with van der Waals surface area (Å²) >= 11 is 0. The van der Waals surface area contributed by atoms with E-state index in [1.165, 1.54) is 12.8 Å². The molecule has 1 atom stereocenters. The van der Waals surface area contributed by atoms with Gasteiger partial charge in [0.15, 0.2) is 0 Å². The first-order chi connectivity index (χ1) is 4.19. The molecular weight excluding hydrogens is 114 g/mol. The number of hydrogen-bond donors (Lipinski definition) is 1. The summed E-state index contributed by atoms with van der Waals surface area (Å²) < 4.78 is 4.95. The van der Waals surface area contributed by atoms with Crippen LogP contribution in [0.25, 0.3) is 0 Å². The number of hydrogen-bond acceptors (Lipinski definition) is 2. The van der Waals surface area contributed by atoms with Crippen LogP contribution in [0.2, 0.25) is 0 Å². The monoisotopic (exact) mass is 129 g/mol. The minimum absolute atomic E-state index is 0.252. The summed E-state index contributed by atoms with van der Waals surface area (Å²) in [5.74, 6) is 0. The minimum Gasteiger partial charge on any atom is -0.383 e. The van der Waals surface area contributed by atoms with Crippen LogP contribution in [0.5, 0.6) is 0 Å². The van der Waals surface area contributed by atoms with Gasteiger partial charge in [-0.25, -0.2) is 0 Å². The maximum Gasteiger partial charge on any atom is 0.0619 e. The van der Waals surface area contributed by atoms with E-state index in [2.05, 4.69) is 6.92 Å². The van der Waals surface area contributed by atoms with Crippen LogP contribution >= 0.6 is 0 Å². The van der Waals surface area contributed by atoms with Crippen LogP contribution in [-0.2, 0) is 4.74 Å². The van der Waals surface area contributed by atoms with E-state index in [9.17, 15) is 0 Å². The van der Waals surface area contributed by atoms with Gasteiger partial charge in [0.2, 0.25) is 0 Å². The average Bonchev–Trinajstić information content (AvgIpc) is 2.50. The van der Waals surface area contributed by atoms with Gasteiger partial charge in [-0.05, 0) is 18.3 Å². The van der Waals surface area contributed by atoms with E-state index in [0.29, 0.717) is 12.0 Å². The average molecular weight is 129 g/mol. The van der Waals surface area contributed by atoms with E-state index in [1.807, 2.05) is 0 Å². The molecule has 0 aromatic rings. The van der Waals surface area contributed by atoms with Crippen LogP contribution in [0.3, 0.4) is 0 Å². The Kier molecular flexibility index (Phi) is 1.78. The zero-order valence-corrected chi connectivity index (χ0v) is 6.18. The Balaban J connectivity index is 2.24. The van der Waals surface area contributed by atoms with Crippen molar-refractivity contribution < 1.29 is 4.74 Å². The summed E-state index contributed by atoms with van der Waals surface area (Å²) in [6.07, 6.45) is 2.55. The van der Waals surface area contributed by atoms with Crippen LogP contribution in [0, 0.1) is 5.41 Å². The van der Waals surface area contributed by atoms with Crippen molar-refractivity contribution in [1.82, 2.24) is 0 Å². The summed E-state index contributed by atoms with van der Waals surface area (Å²) in [5.41, 5.74) is 6.21. The van der Waals surface area contributed by atoms with Crippen LogP contribution in [0.4, 0.5) is 0 Å². The predicted molar refractivity (Wildman–Crippen MR) is 37.2 cm³/mol. The lowest BCUT2D eigenvalue weighted by atomic mass is 10.0. The molecule has 0 amide bonds. The van der Waals surface area contributed by atoms with Crippen LogP contribution in [0.15, 0.2) is 0 Å². The first-order valence-electron chi connectivity index (χ1n) is 3.43. The van der Waals surface area contributed by atoms with Crippen molar-refractivity contribution in [2.75, 3.05) is 13.7 Å². The molecule has 0 heterocycles. The van der Waals surface area contributed by atoms with E-state index in [0.717, 1.165) is 0 Å². The van der Waals surface area contributed by atoms with Gasteiger partial charge >= 0.3 is 0 Å². The topological polar surface area (TPSA) is 35.2 Å². The van der Waals surface area contributed by atoms with Crippen LogP contribution in [-0.4, -0.2) is 19.8 Å². The third kappa shape index (κ3) is 1.43. The zero-order valence-electron chi connectivity index (χ0n) is 6.18. The third-order valence-corrected chi connectivity index (χ3v) is 2.28. The number of methoxy groups -OCH3 is 1. The SMILES string of the molecule is COC[C@@H](N)C1(C)CC1. The van der Waals surface area contributed by atoms with E-state index < -0.39 is 0 Å². The van der Waals surface area contributed by atoms with Gasteiger partial charge in [-0.3, -0.25) is 0 Å². The Morgan fingerprint density at radius 2 is 2.22 bits per heavy atom. The second-order valence-corrected chi connectivity index (χ2v) is 3.22. The van der Waals surface area contributed by atoms with Gasteiger partial charge in [0.25, 0.3) is 0 Å². The Morgan fingerprint density at radius 1 is 1.67 bits per heavy atom. The van der Waals surface area contributed by atoms with Crippen molar-refractivity contribution >= 4 is 0 Å². The molecule has 0 aliphatic heterocycles. The first-order valence-corrected chi connectivity index (χ1v) is 3.43. The first kappa shape index (κ1) is 7.03. The molecule has 2 nitrogen and oxygen atoms in total. The van der Waals surface area contributed by atoms with E-state index >= 15 is 0 Å². The molecule has 1 aliphatic rings. The molecular formula is C7H15NO. The fourth-order valence-corrected chi connectivity index (χ4v) is 0.949. The van der Waals surface area contributed by atoms with Gasteiger partial charge in [-0.1, -0.05) is 6.92 Å². The van der Waals surface area contributed by atoms with Gasteiger partial charge in [-0.2, -0.15) is 0 Å². The molecule has 0 unspecified atom stereocenters. The summed E-state index contributed by atoms with van der Waals surface area (Å²) in [5, 5.41) is 0. The zero-order chi connectivity index (χ0) is 6.91. The van der Waals surface area contributed by atoms with E-state index in [4.69, 9.17) is 10.5 Å². The highest BCUT2D eigenvalue weighted by atomic mass is 16.5. The molecule has 0 bridgehead atoms. The van der Waals surface area contributed by atoms with Gasteiger partial charge < -0.3 is 10.5 Å². The van der Waals surface area contributed by atoms with E-state index in [1.54, 1.807) is 7.11 Å². The highest BCUT2D eigenvalue weighted by Gasteiger charge is 2.42. The van der Waals surface area contributed by atoms with Gasteiger partial charge in [0.1, 0.15) is 0 Å². The molecule has 2 N–H and O–H groups in total. The maximum absolute atomic E-state index is 5.80. The fraction of sp³-hybridized carbons (Fsp3) is 1.00. The summed E-state index contributed by atoms with van der Waals surface area (Å²) in [4.78, 5) is 0. The lowest BCUT2D eigenvalue weighted by molar-refractivity contribution is 0.155.